The second-order valence-corrected chi connectivity index (χ2v) is 4.79. The van der Waals surface area contributed by atoms with Gasteiger partial charge in [-0.25, -0.2) is 0 Å². The molecule has 0 radical (unpaired) electrons. The number of aryl methyl sites for hydroxylation is 1. The van der Waals surface area contributed by atoms with Crippen LogP contribution in [0.4, 0.5) is 17.8 Å². The molecule has 2 aromatic rings. The van der Waals surface area contributed by atoms with Crippen molar-refractivity contribution in [2.75, 3.05) is 43.2 Å². The molecule has 1 aromatic carbocycles. The molecule has 0 atom stereocenters. The van der Waals surface area contributed by atoms with E-state index in [1.54, 1.807) is 14.1 Å². The Morgan fingerprint density at radius 2 is 1.57 bits per heavy atom. The van der Waals surface area contributed by atoms with E-state index in [1.165, 1.54) is 5.56 Å². The Kier molecular flexibility index (Phi) is 5.31. The maximum atomic E-state index is 4.38. The van der Waals surface area contributed by atoms with Crippen LogP contribution >= 0.6 is 0 Å². The van der Waals surface area contributed by atoms with E-state index >= 15 is 0 Å². The van der Waals surface area contributed by atoms with Gasteiger partial charge in [-0.3, -0.25) is 0 Å². The van der Waals surface area contributed by atoms with Crippen LogP contribution in [0.15, 0.2) is 30.3 Å². The minimum Gasteiger partial charge on any atom is -0.357 e. The van der Waals surface area contributed by atoms with Crippen molar-refractivity contribution >= 4 is 17.8 Å². The predicted octanol–water partition coefficient (Wildman–Crippen LogP) is 2.02. The Bertz CT molecular complexity index is 535. The first-order valence-corrected chi connectivity index (χ1v) is 7.09. The van der Waals surface area contributed by atoms with Crippen molar-refractivity contribution in [3.63, 3.8) is 0 Å². The Morgan fingerprint density at radius 3 is 2.14 bits per heavy atom. The maximum Gasteiger partial charge on any atom is 0.231 e. The summed E-state index contributed by atoms with van der Waals surface area (Å²) in [6.45, 7) is 0.894. The van der Waals surface area contributed by atoms with Gasteiger partial charge in [0.05, 0.1) is 0 Å². The van der Waals surface area contributed by atoms with E-state index in [4.69, 9.17) is 0 Å². The molecule has 6 nitrogen and oxygen atoms in total. The van der Waals surface area contributed by atoms with E-state index in [-0.39, 0.29) is 0 Å². The molecule has 0 saturated heterocycles. The highest BCUT2D eigenvalue weighted by atomic mass is 15.3. The highest BCUT2D eigenvalue weighted by Gasteiger charge is 2.08. The lowest BCUT2D eigenvalue weighted by Crippen LogP contribution is -2.22. The zero-order valence-electron chi connectivity index (χ0n) is 12.8. The number of rotatable bonds is 7. The van der Waals surface area contributed by atoms with Crippen molar-refractivity contribution in [1.29, 1.82) is 0 Å². The SMILES string of the molecule is CNc1nc(NC)nc(N(C)CCCc2ccccc2)n1. The fourth-order valence-corrected chi connectivity index (χ4v) is 2.02. The molecule has 0 aliphatic carbocycles. The molecule has 0 aliphatic heterocycles. The largest absolute Gasteiger partial charge is 0.357 e. The number of anilines is 3. The molecule has 0 unspecified atom stereocenters. The summed E-state index contributed by atoms with van der Waals surface area (Å²) in [7, 11) is 5.60. The van der Waals surface area contributed by atoms with Crippen molar-refractivity contribution < 1.29 is 0 Å². The number of hydrogen-bond acceptors (Lipinski definition) is 6. The van der Waals surface area contributed by atoms with Gasteiger partial charge >= 0.3 is 0 Å². The van der Waals surface area contributed by atoms with Crippen molar-refractivity contribution in [1.82, 2.24) is 15.0 Å². The Hall–Kier alpha value is -2.37. The maximum absolute atomic E-state index is 4.38. The Morgan fingerprint density at radius 1 is 0.952 bits per heavy atom. The summed E-state index contributed by atoms with van der Waals surface area (Å²) >= 11 is 0. The number of benzene rings is 1. The van der Waals surface area contributed by atoms with E-state index in [0.717, 1.165) is 19.4 Å². The summed E-state index contributed by atoms with van der Waals surface area (Å²) < 4.78 is 0. The molecule has 0 fully saturated rings. The summed E-state index contributed by atoms with van der Waals surface area (Å²) in [5, 5.41) is 5.90. The standard InChI is InChI=1S/C15H22N6/c1-16-13-18-14(17-2)20-15(19-13)21(3)11-7-10-12-8-5-4-6-9-12/h4-6,8-9H,7,10-11H2,1-3H3,(H2,16,17,18,19,20). The zero-order chi connectivity index (χ0) is 15.1. The molecule has 112 valence electrons. The molecular weight excluding hydrogens is 264 g/mol. The van der Waals surface area contributed by atoms with Crippen LogP contribution in [0.5, 0.6) is 0 Å². The van der Waals surface area contributed by atoms with Crippen LogP contribution in [0.25, 0.3) is 0 Å². The fraction of sp³-hybridized carbons (Fsp3) is 0.400. The van der Waals surface area contributed by atoms with Crippen molar-refractivity contribution in [3.05, 3.63) is 35.9 Å². The van der Waals surface area contributed by atoms with Gasteiger partial charge in [0.15, 0.2) is 0 Å². The van der Waals surface area contributed by atoms with E-state index in [0.29, 0.717) is 17.8 Å². The lowest BCUT2D eigenvalue weighted by atomic mass is 10.1. The van der Waals surface area contributed by atoms with Gasteiger partial charge < -0.3 is 15.5 Å². The van der Waals surface area contributed by atoms with Gasteiger partial charge in [-0.05, 0) is 18.4 Å². The summed E-state index contributed by atoms with van der Waals surface area (Å²) in [5.41, 5.74) is 1.35. The monoisotopic (exact) mass is 286 g/mol. The predicted molar refractivity (Wildman–Crippen MR) is 87.0 cm³/mol. The molecule has 1 heterocycles. The molecule has 0 bridgehead atoms. The average molecular weight is 286 g/mol. The number of nitrogens with one attached hydrogen (secondary N) is 2. The minimum absolute atomic E-state index is 0.569. The van der Waals surface area contributed by atoms with Crippen LogP contribution in [0, 0.1) is 0 Å². The highest BCUT2D eigenvalue weighted by Crippen LogP contribution is 2.12. The van der Waals surface area contributed by atoms with Crippen molar-refractivity contribution in [3.8, 4) is 0 Å². The summed E-state index contributed by atoms with van der Waals surface area (Å²) in [6.07, 6.45) is 2.10. The molecule has 6 heteroatoms. The first-order valence-electron chi connectivity index (χ1n) is 7.09. The van der Waals surface area contributed by atoms with Gasteiger partial charge in [0.2, 0.25) is 17.8 Å². The normalized spacial score (nSPS) is 10.2. The van der Waals surface area contributed by atoms with Crippen LogP contribution in [0.2, 0.25) is 0 Å². The molecule has 0 aliphatic rings. The smallest absolute Gasteiger partial charge is 0.231 e. The number of hydrogen-bond donors (Lipinski definition) is 2. The van der Waals surface area contributed by atoms with Gasteiger partial charge in [0.1, 0.15) is 0 Å². The summed E-state index contributed by atoms with van der Waals surface area (Å²) in [6, 6.07) is 10.5. The molecular formula is C15H22N6. The van der Waals surface area contributed by atoms with Crippen molar-refractivity contribution in [2.45, 2.75) is 12.8 Å². The third-order valence-corrected chi connectivity index (χ3v) is 3.21. The first-order chi connectivity index (χ1) is 10.2. The van der Waals surface area contributed by atoms with Crippen LogP contribution in [-0.2, 0) is 6.42 Å². The average Bonchev–Trinajstić information content (AvgIpc) is 2.55. The zero-order valence-corrected chi connectivity index (χ0v) is 12.8. The van der Waals surface area contributed by atoms with Crippen LogP contribution in [0.1, 0.15) is 12.0 Å². The fourth-order valence-electron chi connectivity index (χ4n) is 2.02. The second kappa shape index (κ2) is 7.42. The third-order valence-electron chi connectivity index (χ3n) is 3.21. The van der Waals surface area contributed by atoms with Crippen LogP contribution in [-0.4, -0.2) is 42.6 Å². The minimum atomic E-state index is 0.569. The lowest BCUT2D eigenvalue weighted by molar-refractivity contribution is 0.763. The van der Waals surface area contributed by atoms with Gasteiger partial charge in [-0.1, -0.05) is 30.3 Å². The molecule has 2 rings (SSSR count). The lowest BCUT2D eigenvalue weighted by Gasteiger charge is -2.18. The topological polar surface area (TPSA) is 66.0 Å². The molecule has 1 aromatic heterocycles. The van der Waals surface area contributed by atoms with E-state index < -0.39 is 0 Å². The first kappa shape index (κ1) is 15.0. The van der Waals surface area contributed by atoms with Gasteiger partial charge in [0, 0.05) is 27.7 Å². The number of nitrogens with zero attached hydrogens (tertiary/aromatic N) is 4. The van der Waals surface area contributed by atoms with Crippen molar-refractivity contribution in [2.24, 2.45) is 0 Å². The van der Waals surface area contributed by atoms with E-state index in [2.05, 4.69) is 49.9 Å². The molecule has 0 saturated carbocycles. The molecule has 2 N–H and O–H groups in total. The number of aromatic nitrogens is 3. The third kappa shape index (κ3) is 4.30. The Balaban J connectivity index is 1.95. The quantitative estimate of drug-likeness (QED) is 0.812. The van der Waals surface area contributed by atoms with E-state index in [1.807, 2.05) is 18.0 Å². The molecule has 0 spiro atoms. The highest BCUT2D eigenvalue weighted by molar-refractivity contribution is 5.42. The summed E-state index contributed by atoms with van der Waals surface area (Å²) in [4.78, 5) is 15.0. The summed E-state index contributed by atoms with van der Waals surface area (Å²) in [5.74, 6) is 1.81. The Labute approximate surface area is 125 Å². The van der Waals surface area contributed by atoms with Gasteiger partial charge in [-0.2, -0.15) is 15.0 Å². The van der Waals surface area contributed by atoms with Gasteiger partial charge in [0.25, 0.3) is 0 Å². The molecule has 21 heavy (non-hydrogen) atoms. The van der Waals surface area contributed by atoms with Gasteiger partial charge in [-0.15, -0.1) is 0 Å². The van der Waals surface area contributed by atoms with Crippen LogP contribution in [0.3, 0.4) is 0 Å². The second-order valence-electron chi connectivity index (χ2n) is 4.79. The van der Waals surface area contributed by atoms with E-state index in [9.17, 15) is 0 Å². The molecule has 0 amide bonds. The van der Waals surface area contributed by atoms with Crippen LogP contribution < -0.4 is 15.5 Å².